The van der Waals surface area contributed by atoms with E-state index in [1.165, 1.54) is 11.0 Å². The molecule has 0 radical (unpaired) electrons. The van der Waals surface area contributed by atoms with E-state index in [1.54, 1.807) is 13.2 Å². The third kappa shape index (κ3) is 2.41. The Morgan fingerprint density at radius 2 is 2.38 bits per heavy atom. The van der Waals surface area contributed by atoms with E-state index in [4.69, 9.17) is 0 Å². The topological polar surface area (TPSA) is 72.7 Å². The van der Waals surface area contributed by atoms with Crippen LogP contribution in [0.15, 0.2) is 30.6 Å². The molecular weight excluding hydrogens is 206 g/mol. The van der Waals surface area contributed by atoms with Gasteiger partial charge in [-0.25, -0.2) is 0 Å². The lowest BCUT2D eigenvalue weighted by Crippen LogP contribution is -2.23. The van der Waals surface area contributed by atoms with Crippen LogP contribution in [0.3, 0.4) is 0 Å². The van der Waals surface area contributed by atoms with Crippen LogP contribution in [0.2, 0.25) is 0 Å². The van der Waals surface area contributed by atoms with Crippen LogP contribution in [0.4, 0.5) is 0 Å². The molecule has 0 aromatic carbocycles. The number of carbonyl (C=O) groups excluding carboxylic acids is 1. The number of aromatic nitrogens is 4. The minimum absolute atomic E-state index is 0.251. The first-order chi connectivity index (χ1) is 7.75. The van der Waals surface area contributed by atoms with Crippen LogP contribution in [-0.4, -0.2) is 25.9 Å². The fourth-order valence-corrected chi connectivity index (χ4v) is 1.21. The first-order valence-corrected chi connectivity index (χ1v) is 4.80. The highest BCUT2D eigenvalue weighted by Gasteiger charge is 2.08. The summed E-state index contributed by atoms with van der Waals surface area (Å²) in [6.07, 6.45) is 3.11. The van der Waals surface area contributed by atoms with Gasteiger partial charge in [0.25, 0.3) is 5.91 Å². The maximum Gasteiger partial charge on any atom is 0.273 e. The van der Waals surface area contributed by atoms with Crippen molar-refractivity contribution in [2.75, 3.05) is 0 Å². The zero-order valence-electron chi connectivity index (χ0n) is 8.79. The maximum absolute atomic E-state index is 11.6. The van der Waals surface area contributed by atoms with E-state index < -0.39 is 0 Å². The van der Waals surface area contributed by atoms with Crippen LogP contribution in [-0.2, 0) is 13.6 Å². The van der Waals surface area contributed by atoms with Crippen LogP contribution in [0.25, 0.3) is 0 Å². The van der Waals surface area contributed by atoms with Crippen LogP contribution in [0.5, 0.6) is 0 Å². The van der Waals surface area contributed by atoms with E-state index in [9.17, 15) is 4.79 Å². The minimum Gasteiger partial charge on any atom is -0.345 e. The van der Waals surface area contributed by atoms with E-state index in [0.717, 1.165) is 5.69 Å². The number of hydrogen-bond acceptors (Lipinski definition) is 4. The van der Waals surface area contributed by atoms with Gasteiger partial charge >= 0.3 is 0 Å². The molecule has 0 aliphatic carbocycles. The summed E-state index contributed by atoms with van der Waals surface area (Å²) in [7, 11) is 1.66. The molecule has 2 heterocycles. The normalized spacial score (nSPS) is 10.1. The van der Waals surface area contributed by atoms with Gasteiger partial charge in [0.1, 0.15) is 0 Å². The van der Waals surface area contributed by atoms with Crippen molar-refractivity contribution in [2.45, 2.75) is 6.54 Å². The highest BCUT2D eigenvalue weighted by atomic mass is 16.2. The van der Waals surface area contributed by atoms with Crippen molar-refractivity contribution in [3.63, 3.8) is 0 Å². The number of aryl methyl sites for hydroxylation is 1. The summed E-state index contributed by atoms with van der Waals surface area (Å²) < 4.78 is 0. The number of carbonyl (C=O) groups is 1. The molecule has 1 amide bonds. The molecule has 82 valence electrons. The Labute approximate surface area is 92.3 Å². The zero-order chi connectivity index (χ0) is 11.4. The van der Waals surface area contributed by atoms with Gasteiger partial charge in [-0.1, -0.05) is 6.07 Å². The lowest BCUT2D eigenvalue weighted by atomic mass is 10.3. The molecule has 0 atom stereocenters. The summed E-state index contributed by atoms with van der Waals surface area (Å²) in [4.78, 5) is 17.0. The van der Waals surface area contributed by atoms with Gasteiger partial charge in [0, 0.05) is 13.2 Å². The summed E-state index contributed by atoms with van der Waals surface area (Å²) >= 11 is 0. The molecule has 0 saturated carbocycles. The van der Waals surface area contributed by atoms with E-state index in [0.29, 0.717) is 12.2 Å². The number of pyridine rings is 1. The van der Waals surface area contributed by atoms with E-state index in [2.05, 4.69) is 20.5 Å². The molecule has 2 aromatic heterocycles. The second kappa shape index (κ2) is 4.52. The molecular formula is C10H11N5O. The first kappa shape index (κ1) is 10.3. The van der Waals surface area contributed by atoms with Crippen LogP contribution < -0.4 is 5.32 Å². The lowest BCUT2D eigenvalue weighted by Gasteiger charge is -2.01. The van der Waals surface area contributed by atoms with Crippen molar-refractivity contribution in [1.29, 1.82) is 0 Å². The van der Waals surface area contributed by atoms with Gasteiger partial charge in [0.2, 0.25) is 0 Å². The van der Waals surface area contributed by atoms with Crippen LogP contribution in [0.1, 0.15) is 16.2 Å². The third-order valence-electron chi connectivity index (χ3n) is 1.99. The zero-order valence-corrected chi connectivity index (χ0v) is 8.79. The predicted molar refractivity (Wildman–Crippen MR) is 56.4 cm³/mol. The summed E-state index contributed by atoms with van der Waals surface area (Å²) in [5.74, 6) is -0.251. The Kier molecular flexibility index (Phi) is 2.90. The van der Waals surface area contributed by atoms with Crippen molar-refractivity contribution in [3.05, 3.63) is 42.0 Å². The molecule has 0 aliphatic heterocycles. The van der Waals surface area contributed by atoms with Gasteiger partial charge in [-0.15, -0.1) is 5.10 Å². The number of nitrogens with one attached hydrogen (secondary N) is 1. The standard InChI is InChI=1S/C10H11N5O/c1-15-13-7-9(14-15)10(16)12-6-8-4-2-3-5-11-8/h2-5,7H,6H2,1H3,(H,12,16). The molecule has 6 nitrogen and oxygen atoms in total. The molecule has 2 aromatic rings. The van der Waals surface area contributed by atoms with Crippen molar-refractivity contribution in [1.82, 2.24) is 25.3 Å². The Bertz CT molecular complexity index is 479. The van der Waals surface area contributed by atoms with Gasteiger partial charge in [-0.3, -0.25) is 9.78 Å². The van der Waals surface area contributed by atoms with E-state index in [1.807, 2.05) is 18.2 Å². The third-order valence-corrected chi connectivity index (χ3v) is 1.99. The summed E-state index contributed by atoms with van der Waals surface area (Å²) in [6.45, 7) is 0.385. The Morgan fingerprint density at radius 3 is 3.00 bits per heavy atom. The lowest BCUT2D eigenvalue weighted by molar-refractivity contribution is 0.0944. The van der Waals surface area contributed by atoms with Crippen molar-refractivity contribution >= 4 is 5.91 Å². The maximum atomic E-state index is 11.6. The average molecular weight is 217 g/mol. The second-order valence-electron chi connectivity index (χ2n) is 3.22. The average Bonchev–Trinajstić information content (AvgIpc) is 2.74. The molecule has 0 fully saturated rings. The number of hydrogen-bond donors (Lipinski definition) is 1. The van der Waals surface area contributed by atoms with Crippen molar-refractivity contribution in [2.24, 2.45) is 7.05 Å². The molecule has 0 unspecified atom stereocenters. The summed E-state index contributed by atoms with van der Waals surface area (Å²) in [6, 6.07) is 5.54. The summed E-state index contributed by atoms with van der Waals surface area (Å²) in [5.41, 5.74) is 1.11. The molecule has 0 aliphatic rings. The Hall–Kier alpha value is -2.24. The van der Waals surface area contributed by atoms with Crippen molar-refractivity contribution in [3.8, 4) is 0 Å². The number of nitrogens with zero attached hydrogens (tertiary/aromatic N) is 4. The number of amides is 1. The monoisotopic (exact) mass is 217 g/mol. The highest BCUT2D eigenvalue weighted by molar-refractivity contribution is 5.91. The molecule has 1 N–H and O–H groups in total. The molecule has 0 saturated heterocycles. The Morgan fingerprint density at radius 1 is 1.50 bits per heavy atom. The van der Waals surface area contributed by atoms with Crippen LogP contribution >= 0.6 is 0 Å². The Balaban J connectivity index is 1.94. The van der Waals surface area contributed by atoms with Gasteiger partial charge in [-0.2, -0.15) is 9.90 Å². The van der Waals surface area contributed by atoms with Gasteiger partial charge in [-0.05, 0) is 12.1 Å². The van der Waals surface area contributed by atoms with Gasteiger partial charge < -0.3 is 5.32 Å². The van der Waals surface area contributed by atoms with E-state index >= 15 is 0 Å². The van der Waals surface area contributed by atoms with Gasteiger partial charge in [0.05, 0.1) is 18.4 Å². The largest absolute Gasteiger partial charge is 0.345 e. The van der Waals surface area contributed by atoms with Gasteiger partial charge in [0.15, 0.2) is 5.69 Å². The SMILES string of the molecule is Cn1ncc(C(=O)NCc2ccccn2)n1. The molecule has 6 heteroatoms. The number of rotatable bonds is 3. The van der Waals surface area contributed by atoms with E-state index in [-0.39, 0.29) is 5.91 Å². The molecule has 0 spiro atoms. The molecule has 2 rings (SSSR count). The smallest absolute Gasteiger partial charge is 0.273 e. The fourth-order valence-electron chi connectivity index (χ4n) is 1.21. The summed E-state index contributed by atoms with van der Waals surface area (Å²) in [5, 5.41) is 10.4. The fraction of sp³-hybridized carbons (Fsp3) is 0.200. The minimum atomic E-state index is -0.251. The second-order valence-corrected chi connectivity index (χ2v) is 3.22. The molecule has 16 heavy (non-hydrogen) atoms. The molecule has 0 bridgehead atoms. The first-order valence-electron chi connectivity index (χ1n) is 4.80. The predicted octanol–water partition coefficient (Wildman–Crippen LogP) is 0.140. The highest BCUT2D eigenvalue weighted by Crippen LogP contribution is 1.94. The quantitative estimate of drug-likeness (QED) is 0.793. The van der Waals surface area contributed by atoms with Crippen molar-refractivity contribution < 1.29 is 4.79 Å². The van der Waals surface area contributed by atoms with Crippen LogP contribution in [0, 0.1) is 0 Å².